The lowest BCUT2D eigenvalue weighted by molar-refractivity contribution is 0.296. The Hall–Kier alpha value is -0.820. The van der Waals surface area contributed by atoms with E-state index in [1.807, 2.05) is 0 Å². The van der Waals surface area contributed by atoms with E-state index in [9.17, 15) is 0 Å². The van der Waals surface area contributed by atoms with E-state index in [2.05, 4.69) is 67.2 Å². The summed E-state index contributed by atoms with van der Waals surface area (Å²) in [7, 11) is 0. The second kappa shape index (κ2) is 12.6. The lowest BCUT2D eigenvalue weighted by Crippen LogP contribution is -2.32. The molecule has 0 fully saturated rings. The highest BCUT2D eigenvalue weighted by Gasteiger charge is 2.02. The predicted octanol–water partition coefficient (Wildman–Crippen LogP) is 3.60. The Morgan fingerprint density at radius 3 is 2.48 bits per heavy atom. The molecule has 0 saturated heterocycles. The highest BCUT2D eigenvalue weighted by Crippen LogP contribution is 2.09. The summed E-state index contributed by atoms with van der Waals surface area (Å²) in [6.45, 7) is 13.5. The van der Waals surface area contributed by atoms with Crippen LogP contribution in [0.5, 0.6) is 0 Å². The van der Waals surface area contributed by atoms with Gasteiger partial charge in [0.15, 0.2) is 5.96 Å². The first-order valence-corrected chi connectivity index (χ1v) is 8.39. The van der Waals surface area contributed by atoms with Crippen molar-refractivity contribution in [1.82, 2.24) is 10.2 Å². The van der Waals surface area contributed by atoms with Gasteiger partial charge in [0.1, 0.15) is 0 Å². The maximum absolute atomic E-state index is 5.90. The van der Waals surface area contributed by atoms with Crippen LogP contribution in [0.1, 0.15) is 45.2 Å². The van der Waals surface area contributed by atoms with Crippen molar-refractivity contribution in [3.63, 3.8) is 0 Å². The van der Waals surface area contributed by atoms with Gasteiger partial charge in [-0.05, 0) is 36.6 Å². The van der Waals surface area contributed by atoms with Gasteiger partial charge in [0.2, 0.25) is 0 Å². The van der Waals surface area contributed by atoms with Gasteiger partial charge >= 0.3 is 0 Å². The average molecular weight is 432 g/mol. The summed E-state index contributed by atoms with van der Waals surface area (Å²) < 4.78 is 0. The lowest BCUT2D eigenvalue weighted by Gasteiger charge is -2.18. The average Bonchev–Trinajstić information content (AvgIpc) is 2.50. The first-order valence-electron chi connectivity index (χ1n) is 8.39. The minimum atomic E-state index is 0. The molecule has 0 amide bonds. The number of benzene rings is 1. The number of nitrogens with zero attached hydrogens (tertiary/aromatic N) is 2. The monoisotopic (exact) mass is 432 g/mol. The van der Waals surface area contributed by atoms with Gasteiger partial charge in [-0.3, -0.25) is 4.90 Å². The van der Waals surface area contributed by atoms with Crippen molar-refractivity contribution >= 4 is 29.9 Å². The van der Waals surface area contributed by atoms with Gasteiger partial charge in [0.25, 0.3) is 0 Å². The summed E-state index contributed by atoms with van der Waals surface area (Å²) in [6, 6.07) is 8.61. The fourth-order valence-corrected chi connectivity index (χ4v) is 2.25. The summed E-state index contributed by atoms with van der Waals surface area (Å²) in [5, 5.41) is 3.17. The van der Waals surface area contributed by atoms with Gasteiger partial charge in [-0.25, -0.2) is 4.99 Å². The zero-order valence-electron chi connectivity index (χ0n) is 15.0. The van der Waals surface area contributed by atoms with Crippen LogP contribution in [0.25, 0.3) is 0 Å². The quantitative estimate of drug-likeness (QED) is 0.356. The van der Waals surface area contributed by atoms with Gasteiger partial charge in [0.05, 0.1) is 6.54 Å². The molecule has 1 aromatic rings. The Morgan fingerprint density at radius 2 is 1.87 bits per heavy atom. The Bertz CT molecular complexity index is 456. The van der Waals surface area contributed by atoms with Crippen molar-refractivity contribution in [3.8, 4) is 0 Å². The first kappa shape index (κ1) is 22.2. The molecule has 5 heteroatoms. The fraction of sp³-hybridized carbons (Fsp3) is 0.611. The van der Waals surface area contributed by atoms with Crippen LogP contribution in [0.15, 0.2) is 29.3 Å². The lowest BCUT2D eigenvalue weighted by atomic mass is 10.1. The third-order valence-electron chi connectivity index (χ3n) is 3.75. The molecule has 0 heterocycles. The van der Waals surface area contributed by atoms with Gasteiger partial charge in [0, 0.05) is 13.1 Å². The van der Waals surface area contributed by atoms with Crippen LogP contribution in [0.2, 0.25) is 0 Å². The van der Waals surface area contributed by atoms with Crippen molar-refractivity contribution in [3.05, 3.63) is 35.4 Å². The van der Waals surface area contributed by atoms with Crippen molar-refractivity contribution < 1.29 is 0 Å². The van der Waals surface area contributed by atoms with Gasteiger partial charge in [-0.15, -0.1) is 24.0 Å². The topological polar surface area (TPSA) is 53.6 Å². The number of halogens is 1. The number of guanidine groups is 1. The zero-order chi connectivity index (χ0) is 16.4. The Kier molecular flexibility index (Phi) is 12.1. The molecule has 132 valence electrons. The van der Waals surface area contributed by atoms with Crippen LogP contribution in [0.4, 0.5) is 0 Å². The number of nitrogens with one attached hydrogen (secondary N) is 1. The summed E-state index contributed by atoms with van der Waals surface area (Å²) in [6.07, 6.45) is 1.11. The minimum absolute atomic E-state index is 0. The molecule has 0 saturated carbocycles. The van der Waals surface area contributed by atoms with Gasteiger partial charge in [-0.1, -0.05) is 52.0 Å². The van der Waals surface area contributed by atoms with Crippen molar-refractivity contribution in [2.24, 2.45) is 16.6 Å². The molecule has 1 rings (SSSR count). The molecule has 4 nitrogen and oxygen atoms in total. The van der Waals surface area contributed by atoms with Crippen LogP contribution >= 0.6 is 24.0 Å². The van der Waals surface area contributed by atoms with Gasteiger partial charge in [-0.2, -0.15) is 0 Å². The molecular formula is C18H33IN4. The third kappa shape index (κ3) is 9.81. The van der Waals surface area contributed by atoms with E-state index < -0.39 is 0 Å². The van der Waals surface area contributed by atoms with E-state index in [1.54, 1.807) is 0 Å². The SMILES string of the molecule is CCN(CC)Cc1cccc(CN=C(N)NCCC(C)C)c1.I. The molecule has 3 N–H and O–H groups in total. The molecule has 1 aromatic carbocycles. The molecule has 0 atom stereocenters. The summed E-state index contributed by atoms with van der Waals surface area (Å²) in [4.78, 5) is 6.83. The van der Waals surface area contributed by atoms with E-state index in [1.165, 1.54) is 11.1 Å². The smallest absolute Gasteiger partial charge is 0.188 e. The number of rotatable bonds is 9. The number of nitrogens with two attached hydrogens (primary N) is 1. The maximum atomic E-state index is 5.90. The zero-order valence-corrected chi connectivity index (χ0v) is 17.3. The highest BCUT2D eigenvalue weighted by atomic mass is 127. The molecule has 0 aliphatic heterocycles. The molecule has 0 aliphatic carbocycles. The highest BCUT2D eigenvalue weighted by molar-refractivity contribution is 14.0. The second-order valence-electron chi connectivity index (χ2n) is 6.09. The third-order valence-corrected chi connectivity index (χ3v) is 3.75. The maximum Gasteiger partial charge on any atom is 0.188 e. The summed E-state index contributed by atoms with van der Waals surface area (Å²) in [5.74, 6) is 1.21. The van der Waals surface area contributed by atoms with Crippen molar-refractivity contribution in [2.45, 2.75) is 47.2 Å². The van der Waals surface area contributed by atoms with Crippen LogP contribution in [0.3, 0.4) is 0 Å². The molecule has 23 heavy (non-hydrogen) atoms. The molecule has 0 aliphatic rings. The first-order chi connectivity index (χ1) is 10.5. The molecule has 0 bridgehead atoms. The van der Waals surface area contributed by atoms with Crippen LogP contribution in [-0.4, -0.2) is 30.5 Å². The molecule has 0 radical (unpaired) electrons. The minimum Gasteiger partial charge on any atom is -0.370 e. The normalized spacial score (nSPS) is 11.7. The largest absolute Gasteiger partial charge is 0.370 e. The van der Waals surface area contributed by atoms with Crippen LogP contribution in [0, 0.1) is 5.92 Å². The Balaban J connectivity index is 0.00000484. The number of aliphatic imine (C=N–C) groups is 1. The summed E-state index contributed by atoms with van der Waals surface area (Å²) in [5.41, 5.74) is 8.44. The summed E-state index contributed by atoms with van der Waals surface area (Å²) >= 11 is 0. The second-order valence-corrected chi connectivity index (χ2v) is 6.09. The standard InChI is InChI=1S/C18H32N4.HI/c1-5-22(6-2)14-17-9-7-8-16(12-17)13-21-18(19)20-11-10-15(3)4;/h7-9,12,15H,5-6,10-11,13-14H2,1-4H3,(H3,19,20,21);1H. The van der Waals surface area contributed by atoms with Crippen LogP contribution in [-0.2, 0) is 13.1 Å². The van der Waals surface area contributed by atoms with Crippen molar-refractivity contribution in [2.75, 3.05) is 19.6 Å². The number of hydrogen-bond donors (Lipinski definition) is 2. The molecule has 0 spiro atoms. The van der Waals surface area contributed by atoms with E-state index in [4.69, 9.17) is 5.73 Å². The number of hydrogen-bond acceptors (Lipinski definition) is 2. The van der Waals surface area contributed by atoms with Gasteiger partial charge < -0.3 is 11.1 Å². The van der Waals surface area contributed by atoms with E-state index in [-0.39, 0.29) is 24.0 Å². The predicted molar refractivity (Wildman–Crippen MR) is 111 cm³/mol. The molecular weight excluding hydrogens is 399 g/mol. The van der Waals surface area contributed by atoms with Crippen LogP contribution < -0.4 is 11.1 Å². The van der Waals surface area contributed by atoms with E-state index in [0.717, 1.165) is 32.6 Å². The molecule has 0 unspecified atom stereocenters. The molecule has 0 aromatic heterocycles. The fourth-order valence-electron chi connectivity index (χ4n) is 2.25. The Morgan fingerprint density at radius 1 is 1.22 bits per heavy atom. The van der Waals surface area contributed by atoms with Crippen molar-refractivity contribution in [1.29, 1.82) is 0 Å². The van der Waals surface area contributed by atoms with E-state index in [0.29, 0.717) is 18.4 Å². The van der Waals surface area contributed by atoms with E-state index >= 15 is 0 Å². The Labute approximate surface area is 158 Å².